The minimum Gasteiger partial charge on any atom is -0.444 e. The van der Waals surface area contributed by atoms with E-state index in [1.165, 1.54) is 15.5 Å². The van der Waals surface area contributed by atoms with Gasteiger partial charge in [0.05, 0.1) is 18.6 Å². The molecule has 41 heavy (non-hydrogen) atoms. The third-order valence-corrected chi connectivity index (χ3v) is 6.65. The van der Waals surface area contributed by atoms with Gasteiger partial charge >= 0.3 is 6.09 Å². The van der Waals surface area contributed by atoms with Gasteiger partial charge < -0.3 is 29.2 Å². The molecule has 1 aromatic heterocycles. The second-order valence-electron chi connectivity index (χ2n) is 12.0. The van der Waals surface area contributed by atoms with E-state index in [9.17, 15) is 24.0 Å². The molecule has 0 aromatic carbocycles. The van der Waals surface area contributed by atoms with Crippen LogP contribution in [0.4, 0.5) is 10.5 Å². The van der Waals surface area contributed by atoms with Crippen molar-refractivity contribution in [1.29, 1.82) is 0 Å². The number of ether oxygens (including phenoxy) is 1. The van der Waals surface area contributed by atoms with Crippen molar-refractivity contribution in [2.45, 2.75) is 97.2 Å². The van der Waals surface area contributed by atoms with Crippen molar-refractivity contribution in [2.75, 3.05) is 39.5 Å². The van der Waals surface area contributed by atoms with E-state index in [0.29, 0.717) is 25.3 Å². The number of pyridine rings is 1. The maximum atomic E-state index is 12.8. The van der Waals surface area contributed by atoms with Gasteiger partial charge in [-0.2, -0.15) is 0 Å². The Morgan fingerprint density at radius 3 is 2.27 bits per heavy atom. The van der Waals surface area contributed by atoms with Crippen molar-refractivity contribution in [2.24, 2.45) is 5.92 Å². The number of rotatable bonds is 17. The number of hydrogen-bond acceptors (Lipinski definition) is 7. The van der Waals surface area contributed by atoms with E-state index in [4.69, 9.17) is 4.74 Å². The second kappa shape index (κ2) is 17.6. The van der Waals surface area contributed by atoms with Gasteiger partial charge in [0.25, 0.3) is 5.56 Å². The summed E-state index contributed by atoms with van der Waals surface area (Å²) in [4.78, 5) is 65.0. The average molecular weight is 578 g/mol. The van der Waals surface area contributed by atoms with Gasteiger partial charge in [-0.05, 0) is 65.1 Å². The van der Waals surface area contributed by atoms with Gasteiger partial charge in [0, 0.05) is 26.8 Å². The number of amides is 3. The molecule has 0 aliphatic carbocycles. The molecule has 0 radical (unpaired) electrons. The van der Waals surface area contributed by atoms with Crippen LogP contribution in [0.15, 0.2) is 23.1 Å². The van der Waals surface area contributed by atoms with Gasteiger partial charge in [-0.15, -0.1) is 0 Å². The molecule has 0 fully saturated rings. The highest BCUT2D eigenvalue weighted by atomic mass is 16.6. The summed E-state index contributed by atoms with van der Waals surface area (Å²) in [5.41, 5.74) is -1.11. The number of carbonyl (C=O) groups excluding carboxylic acids is 4. The first-order valence-corrected chi connectivity index (χ1v) is 14.5. The lowest BCUT2D eigenvalue weighted by molar-refractivity contribution is -0.140. The second-order valence-corrected chi connectivity index (χ2v) is 12.0. The van der Waals surface area contributed by atoms with Crippen molar-refractivity contribution >= 4 is 29.9 Å². The summed E-state index contributed by atoms with van der Waals surface area (Å²) in [5.74, 6) is 0.197. The molecule has 1 unspecified atom stereocenters. The first-order chi connectivity index (χ1) is 19.2. The van der Waals surface area contributed by atoms with Crippen molar-refractivity contribution in [3.8, 4) is 0 Å². The third kappa shape index (κ3) is 13.3. The summed E-state index contributed by atoms with van der Waals surface area (Å²) >= 11 is 0. The molecule has 0 bridgehead atoms. The van der Waals surface area contributed by atoms with E-state index in [0.717, 1.165) is 38.4 Å². The lowest BCUT2D eigenvalue weighted by Gasteiger charge is -2.26. The molecule has 1 rings (SSSR count). The molecule has 0 aliphatic rings. The molecule has 1 aromatic rings. The Balaban J connectivity index is 2.44. The lowest BCUT2D eigenvalue weighted by atomic mass is 10.0. The van der Waals surface area contributed by atoms with Crippen molar-refractivity contribution in [3.05, 3.63) is 28.7 Å². The molecule has 1 heterocycles. The van der Waals surface area contributed by atoms with Crippen LogP contribution in [0.25, 0.3) is 0 Å². The van der Waals surface area contributed by atoms with Crippen molar-refractivity contribution in [1.82, 2.24) is 19.7 Å². The fourth-order valence-electron chi connectivity index (χ4n) is 4.39. The standard InChI is InChI=1S/C30H51N5O6/c1-22(2)19-25(31-6)27(38)34(8)20-26(37)33(7)17-13-11-9-10-12-15-23(21-36)35-18-14-16-24(28(35)39)32-29(40)41-30(3,4)5/h14,16,18,21-23,25,31H,9-13,15,17,19-20H2,1-8H3,(H,32,40)/t23?,25-/m0/s1. The highest BCUT2D eigenvalue weighted by molar-refractivity contribution is 5.87. The summed E-state index contributed by atoms with van der Waals surface area (Å²) in [6.45, 7) is 9.96. The minimum atomic E-state index is -0.730. The molecule has 0 aliphatic heterocycles. The highest BCUT2D eigenvalue weighted by Gasteiger charge is 2.24. The van der Waals surface area contributed by atoms with Crippen LogP contribution in [0.5, 0.6) is 0 Å². The molecule has 11 heteroatoms. The van der Waals surface area contributed by atoms with Gasteiger partial charge in [-0.25, -0.2) is 4.79 Å². The summed E-state index contributed by atoms with van der Waals surface area (Å²) in [5, 5.41) is 5.50. The van der Waals surface area contributed by atoms with Crippen LogP contribution < -0.4 is 16.2 Å². The number of anilines is 1. The van der Waals surface area contributed by atoms with Crippen LogP contribution in [0.2, 0.25) is 0 Å². The Hall–Kier alpha value is -3.21. The number of likely N-dealkylation sites (N-methyl/N-ethyl adjacent to an activating group) is 3. The van der Waals surface area contributed by atoms with Gasteiger partial charge in [0.1, 0.15) is 17.6 Å². The smallest absolute Gasteiger partial charge is 0.412 e. The molecular weight excluding hydrogens is 526 g/mol. The van der Waals surface area contributed by atoms with Gasteiger partial charge in [-0.3, -0.25) is 19.7 Å². The van der Waals surface area contributed by atoms with Gasteiger partial charge in [-0.1, -0.05) is 39.5 Å². The molecule has 0 saturated heterocycles. The fraction of sp³-hybridized carbons (Fsp3) is 0.700. The zero-order valence-electron chi connectivity index (χ0n) is 26.2. The van der Waals surface area contributed by atoms with Crippen molar-refractivity contribution < 1.29 is 23.9 Å². The Kier molecular flexibility index (Phi) is 15.3. The third-order valence-electron chi connectivity index (χ3n) is 6.65. The van der Waals surface area contributed by atoms with E-state index in [1.807, 2.05) is 0 Å². The Bertz CT molecular complexity index is 1050. The Morgan fingerprint density at radius 1 is 1.05 bits per heavy atom. The summed E-state index contributed by atoms with van der Waals surface area (Å²) < 4.78 is 6.54. The summed E-state index contributed by atoms with van der Waals surface area (Å²) in [6, 6.07) is 2.16. The predicted octanol–water partition coefficient (Wildman–Crippen LogP) is 3.83. The summed E-state index contributed by atoms with van der Waals surface area (Å²) in [6.07, 6.45) is 7.10. The van der Waals surface area contributed by atoms with Crippen LogP contribution in [-0.4, -0.2) is 84.4 Å². The Labute approximate surface area is 245 Å². The number of unbranched alkanes of at least 4 members (excludes halogenated alkanes) is 4. The molecule has 2 N–H and O–H groups in total. The highest BCUT2D eigenvalue weighted by Crippen LogP contribution is 2.16. The molecule has 11 nitrogen and oxygen atoms in total. The van der Waals surface area contributed by atoms with Crippen LogP contribution in [0.3, 0.4) is 0 Å². The molecule has 0 spiro atoms. The largest absolute Gasteiger partial charge is 0.444 e. The van der Waals surface area contributed by atoms with E-state index >= 15 is 0 Å². The predicted molar refractivity (Wildman–Crippen MR) is 161 cm³/mol. The molecule has 3 amide bonds. The Morgan fingerprint density at radius 2 is 1.68 bits per heavy atom. The van der Waals surface area contributed by atoms with E-state index in [-0.39, 0.29) is 30.1 Å². The number of aromatic nitrogens is 1. The van der Waals surface area contributed by atoms with Crippen LogP contribution in [0.1, 0.15) is 85.6 Å². The maximum Gasteiger partial charge on any atom is 0.412 e. The maximum absolute atomic E-state index is 12.8. The molecule has 2 atom stereocenters. The average Bonchev–Trinajstić information content (AvgIpc) is 2.88. The van der Waals surface area contributed by atoms with E-state index in [1.54, 1.807) is 59.1 Å². The van der Waals surface area contributed by atoms with E-state index < -0.39 is 23.3 Å². The number of nitrogens with one attached hydrogen (secondary N) is 2. The fourth-order valence-corrected chi connectivity index (χ4v) is 4.39. The van der Waals surface area contributed by atoms with Crippen LogP contribution >= 0.6 is 0 Å². The number of carbonyl (C=O) groups is 4. The topological polar surface area (TPSA) is 130 Å². The van der Waals surface area contributed by atoms with E-state index in [2.05, 4.69) is 24.5 Å². The number of aldehydes is 1. The number of nitrogens with zero attached hydrogens (tertiary/aromatic N) is 3. The lowest BCUT2D eigenvalue weighted by Crippen LogP contribution is -2.47. The van der Waals surface area contributed by atoms with Gasteiger partial charge in [0.2, 0.25) is 11.8 Å². The quantitative estimate of drug-likeness (QED) is 0.213. The first-order valence-electron chi connectivity index (χ1n) is 14.5. The zero-order valence-corrected chi connectivity index (χ0v) is 26.2. The number of hydrogen-bond donors (Lipinski definition) is 2. The molecular formula is C30H51N5O6. The SMILES string of the molecule is CN[C@@H](CC(C)C)C(=O)N(C)CC(=O)N(C)CCCCCCCC(C=O)n1cccc(NC(=O)OC(C)(C)C)c1=O. The monoisotopic (exact) mass is 577 g/mol. The normalized spacial score (nSPS) is 12.9. The van der Waals surface area contributed by atoms with Crippen LogP contribution in [-0.2, 0) is 19.1 Å². The molecule has 0 saturated carbocycles. The first kappa shape index (κ1) is 35.8. The van der Waals surface area contributed by atoms with Crippen LogP contribution in [0, 0.1) is 5.92 Å². The summed E-state index contributed by atoms with van der Waals surface area (Å²) in [7, 11) is 5.17. The zero-order chi connectivity index (χ0) is 31.2. The molecule has 232 valence electrons. The minimum absolute atomic E-state index is 0.0482. The van der Waals surface area contributed by atoms with Gasteiger partial charge in [0.15, 0.2) is 0 Å². The van der Waals surface area contributed by atoms with Crippen molar-refractivity contribution in [3.63, 3.8) is 0 Å².